The second-order valence-corrected chi connectivity index (χ2v) is 4.31. The number of hydrogen-bond donors (Lipinski definition) is 2. The summed E-state index contributed by atoms with van der Waals surface area (Å²) in [6, 6.07) is 5.91. The van der Waals surface area contributed by atoms with Crippen LogP contribution in [0.1, 0.15) is 5.56 Å². The molecular weight excluding hydrogens is 263 g/mol. The average molecular weight is 274 g/mol. The van der Waals surface area contributed by atoms with E-state index in [1.54, 1.807) is 0 Å². The number of halogens is 2. The fourth-order valence-corrected chi connectivity index (χ4v) is 2.33. The van der Waals surface area contributed by atoms with Crippen LogP contribution in [0.25, 0.3) is 10.9 Å². The van der Waals surface area contributed by atoms with E-state index in [-0.39, 0.29) is 0 Å². The summed E-state index contributed by atoms with van der Waals surface area (Å²) in [5.41, 5.74) is 2.20. The van der Waals surface area contributed by atoms with Crippen LogP contribution >= 0.6 is 27.5 Å². The summed E-state index contributed by atoms with van der Waals surface area (Å²) in [6.45, 7) is 0.820. The lowest BCUT2D eigenvalue weighted by Gasteiger charge is -1.98. The first-order valence-corrected chi connectivity index (χ1v) is 5.50. The Labute approximate surface area is 95.8 Å². The van der Waals surface area contributed by atoms with Gasteiger partial charge in [0.1, 0.15) is 0 Å². The van der Waals surface area contributed by atoms with Gasteiger partial charge >= 0.3 is 0 Å². The van der Waals surface area contributed by atoms with E-state index in [4.69, 9.17) is 11.6 Å². The summed E-state index contributed by atoms with van der Waals surface area (Å²) in [7, 11) is 1.93. The van der Waals surface area contributed by atoms with Crippen molar-refractivity contribution in [2.24, 2.45) is 0 Å². The highest BCUT2D eigenvalue weighted by Crippen LogP contribution is 2.30. The van der Waals surface area contributed by atoms with Gasteiger partial charge in [-0.05, 0) is 29.0 Å². The summed E-state index contributed by atoms with van der Waals surface area (Å²) in [4.78, 5) is 3.22. The number of aromatic nitrogens is 1. The van der Waals surface area contributed by atoms with Gasteiger partial charge in [0.05, 0.1) is 15.1 Å². The molecule has 0 saturated carbocycles. The standard InChI is InChI=1S/C10H10BrClN2/c1-13-5-7-6-3-2-4-8(12)9(6)14-10(7)11/h2-4,13-14H,5H2,1H3. The van der Waals surface area contributed by atoms with Gasteiger partial charge in [-0.15, -0.1) is 0 Å². The molecule has 74 valence electrons. The molecule has 1 aromatic carbocycles. The molecule has 0 amide bonds. The Kier molecular flexibility index (Phi) is 2.81. The Bertz CT molecular complexity index is 464. The molecule has 4 heteroatoms. The maximum absolute atomic E-state index is 6.07. The van der Waals surface area contributed by atoms with Gasteiger partial charge in [-0.3, -0.25) is 0 Å². The Balaban J connectivity index is 2.70. The van der Waals surface area contributed by atoms with Crippen LogP contribution in [-0.4, -0.2) is 12.0 Å². The molecule has 0 spiro atoms. The predicted molar refractivity (Wildman–Crippen MR) is 63.8 cm³/mol. The topological polar surface area (TPSA) is 27.8 Å². The number of benzene rings is 1. The fraction of sp³-hybridized carbons (Fsp3) is 0.200. The summed E-state index contributed by atoms with van der Waals surface area (Å²) >= 11 is 9.56. The van der Waals surface area contributed by atoms with E-state index in [2.05, 4.69) is 32.3 Å². The first kappa shape index (κ1) is 10.0. The van der Waals surface area contributed by atoms with Crippen LogP contribution in [0.3, 0.4) is 0 Å². The Hall–Kier alpha value is -0.510. The van der Waals surface area contributed by atoms with Crippen molar-refractivity contribution in [1.82, 2.24) is 10.3 Å². The zero-order valence-electron chi connectivity index (χ0n) is 7.70. The van der Waals surface area contributed by atoms with Gasteiger partial charge in [-0.25, -0.2) is 0 Å². The monoisotopic (exact) mass is 272 g/mol. The normalized spacial score (nSPS) is 11.1. The lowest BCUT2D eigenvalue weighted by Crippen LogP contribution is -2.04. The number of H-pyrrole nitrogens is 1. The van der Waals surface area contributed by atoms with Crippen molar-refractivity contribution in [1.29, 1.82) is 0 Å². The maximum Gasteiger partial charge on any atom is 0.0876 e. The summed E-state index contributed by atoms with van der Waals surface area (Å²) in [5.74, 6) is 0. The van der Waals surface area contributed by atoms with Crippen molar-refractivity contribution in [2.75, 3.05) is 7.05 Å². The van der Waals surface area contributed by atoms with Crippen molar-refractivity contribution in [2.45, 2.75) is 6.54 Å². The zero-order valence-corrected chi connectivity index (χ0v) is 10.0. The second-order valence-electron chi connectivity index (χ2n) is 3.11. The highest BCUT2D eigenvalue weighted by atomic mass is 79.9. The fourth-order valence-electron chi connectivity index (χ4n) is 1.56. The largest absolute Gasteiger partial charge is 0.348 e. The van der Waals surface area contributed by atoms with E-state index in [0.29, 0.717) is 0 Å². The second kappa shape index (κ2) is 3.93. The number of para-hydroxylation sites is 1. The molecule has 0 atom stereocenters. The molecule has 2 N–H and O–H groups in total. The third kappa shape index (κ3) is 1.56. The summed E-state index contributed by atoms with van der Waals surface area (Å²) in [5, 5.41) is 5.05. The van der Waals surface area contributed by atoms with Gasteiger partial charge in [-0.2, -0.15) is 0 Å². The number of fused-ring (bicyclic) bond motifs is 1. The summed E-state index contributed by atoms with van der Waals surface area (Å²) < 4.78 is 0.995. The van der Waals surface area contributed by atoms with Gasteiger partial charge in [0.15, 0.2) is 0 Å². The van der Waals surface area contributed by atoms with Crippen molar-refractivity contribution < 1.29 is 0 Å². The van der Waals surface area contributed by atoms with Gasteiger partial charge < -0.3 is 10.3 Å². The van der Waals surface area contributed by atoms with E-state index in [9.17, 15) is 0 Å². The molecule has 0 radical (unpaired) electrons. The molecule has 0 aliphatic rings. The SMILES string of the molecule is CNCc1c(Br)[nH]c2c(Cl)cccc12. The van der Waals surface area contributed by atoms with Crippen LogP contribution in [0.2, 0.25) is 5.02 Å². The van der Waals surface area contributed by atoms with Crippen molar-refractivity contribution >= 4 is 38.4 Å². The molecule has 1 aromatic heterocycles. The van der Waals surface area contributed by atoms with E-state index in [1.165, 1.54) is 10.9 Å². The molecule has 0 fully saturated rings. The summed E-state index contributed by atoms with van der Waals surface area (Å²) in [6.07, 6.45) is 0. The minimum atomic E-state index is 0.755. The number of aromatic amines is 1. The van der Waals surface area contributed by atoms with Crippen molar-refractivity contribution in [3.8, 4) is 0 Å². The van der Waals surface area contributed by atoms with Gasteiger partial charge in [0.25, 0.3) is 0 Å². The molecule has 0 aliphatic carbocycles. The quantitative estimate of drug-likeness (QED) is 0.863. The molecule has 2 nitrogen and oxygen atoms in total. The number of hydrogen-bond acceptors (Lipinski definition) is 1. The molecule has 0 bridgehead atoms. The Morgan fingerprint density at radius 1 is 1.50 bits per heavy atom. The third-order valence-electron chi connectivity index (χ3n) is 2.19. The van der Waals surface area contributed by atoms with E-state index < -0.39 is 0 Å². The maximum atomic E-state index is 6.07. The lowest BCUT2D eigenvalue weighted by atomic mass is 10.2. The minimum absolute atomic E-state index is 0.755. The lowest BCUT2D eigenvalue weighted by molar-refractivity contribution is 0.819. The van der Waals surface area contributed by atoms with Crippen LogP contribution in [0, 0.1) is 0 Å². The van der Waals surface area contributed by atoms with E-state index in [1.807, 2.05) is 19.2 Å². The zero-order chi connectivity index (χ0) is 10.1. The van der Waals surface area contributed by atoms with E-state index in [0.717, 1.165) is 21.7 Å². The molecule has 0 aliphatic heterocycles. The molecule has 1 heterocycles. The van der Waals surface area contributed by atoms with Crippen LogP contribution in [0.15, 0.2) is 22.8 Å². The Morgan fingerprint density at radius 3 is 3.00 bits per heavy atom. The highest BCUT2D eigenvalue weighted by Gasteiger charge is 2.09. The molecule has 0 unspecified atom stereocenters. The minimum Gasteiger partial charge on any atom is -0.348 e. The first-order chi connectivity index (χ1) is 6.74. The van der Waals surface area contributed by atoms with E-state index >= 15 is 0 Å². The van der Waals surface area contributed by atoms with Crippen LogP contribution in [0.5, 0.6) is 0 Å². The van der Waals surface area contributed by atoms with Gasteiger partial charge in [0, 0.05) is 17.5 Å². The van der Waals surface area contributed by atoms with Crippen molar-refractivity contribution in [3.63, 3.8) is 0 Å². The highest BCUT2D eigenvalue weighted by molar-refractivity contribution is 9.10. The Morgan fingerprint density at radius 2 is 2.29 bits per heavy atom. The first-order valence-electron chi connectivity index (χ1n) is 4.33. The predicted octanol–water partition coefficient (Wildman–Crippen LogP) is 3.30. The molecule has 0 saturated heterocycles. The van der Waals surface area contributed by atoms with Crippen LogP contribution in [0.4, 0.5) is 0 Å². The van der Waals surface area contributed by atoms with Gasteiger partial charge in [-0.1, -0.05) is 23.7 Å². The number of rotatable bonds is 2. The molecule has 2 rings (SSSR count). The average Bonchev–Trinajstić information content (AvgIpc) is 2.47. The molecule has 2 aromatic rings. The third-order valence-corrected chi connectivity index (χ3v) is 3.18. The smallest absolute Gasteiger partial charge is 0.0876 e. The molecular formula is C10H10BrClN2. The van der Waals surface area contributed by atoms with Crippen LogP contribution < -0.4 is 5.32 Å². The van der Waals surface area contributed by atoms with Crippen LogP contribution in [-0.2, 0) is 6.54 Å². The van der Waals surface area contributed by atoms with Crippen molar-refractivity contribution in [3.05, 3.63) is 33.4 Å². The molecule has 14 heavy (non-hydrogen) atoms. The van der Waals surface area contributed by atoms with Gasteiger partial charge in [0.2, 0.25) is 0 Å². The number of nitrogens with one attached hydrogen (secondary N) is 2.